The Labute approximate surface area is 156 Å². The van der Waals surface area contributed by atoms with Gasteiger partial charge in [0.25, 0.3) is 8.32 Å². The van der Waals surface area contributed by atoms with Gasteiger partial charge in [0, 0.05) is 6.61 Å². The van der Waals surface area contributed by atoms with Crippen LogP contribution in [0.1, 0.15) is 33.6 Å². The highest BCUT2D eigenvalue weighted by atomic mass is 28.4. The Morgan fingerprint density at radius 1 is 1.00 bits per heavy atom. The highest BCUT2D eigenvalue weighted by Gasteiger charge is 2.50. The Hall–Kier alpha value is -1.95. The molecule has 140 valence electrons. The van der Waals surface area contributed by atoms with Crippen LogP contribution in [0.5, 0.6) is 0 Å². The number of aliphatic hydroxyl groups is 1. The fourth-order valence-electron chi connectivity index (χ4n) is 3.41. The van der Waals surface area contributed by atoms with Gasteiger partial charge in [0.05, 0.1) is 12.5 Å². The van der Waals surface area contributed by atoms with Crippen LogP contribution < -0.4 is 10.4 Å². The first-order valence-corrected chi connectivity index (χ1v) is 10.8. The Kier molecular flexibility index (Phi) is 6.75. The van der Waals surface area contributed by atoms with Crippen molar-refractivity contribution in [3.8, 4) is 0 Å². The quantitative estimate of drug-likeness (QED) is 0.699. The molecule has 0 unspecified atom stereocenters. The summed E-state index contributed by atoms with van der Waals surface area (Å²) in [5, 5.41) is 21.0. The molecule has 0 radical (unpaired) electrons. The molecule has 0 saturated carbocycles. The van der Waals surface area contributed by atoms with E-state index in [9.17, 15) is 9.90 Å². The van der Waals surface area contributed by atoms with Crippen LogP contribution in [0.25, 0.3) is 0 Å². The molecule has 4 nitrogen and oxygen atoms in total. The van der Waals surface area contributed by atoms with E-state index in [1.807, 2.05) is 36.4 Å². The molecule has 26 heavy (non-hydrogen) atoms. The number of carbonyl (C=O) groups is 1. The van der Waals surface area contributed by atoms with Crippen molar-refractivity contribution >= 4 is 24.7 Å². The van der Waals surface area contributed by atoms with Gasteiger partial charge in [-0.05, 0) is 21.8 Å². The Morgan fingerprint density at radius 3 is 1.85 bits per heavy atom. The van der Waals surface area contributed by atoms with E-state index in [1.165, 1.54) is 10.4 Å². The molecule has 0 aliphatic heterocycles. The third-order valence-electron chi connectivity index (χ3n) is 4.60. The van der Waals surface area contributed by atoms with Crippen molar-refractivity contribution in [2.75, 3.05) is 6.61 Å². The first kappa shape index (κ1) is 20.4. The van der Waals surface area contributed by atoms with Crippen molar-refractivity contribution in [1.29, 1.82) is 0 Å². The molecule has 0 aliphatic rings. The topological polar surface area (TPSA) is 66.8 Å². The zero-order valence-corrected chi connectivity index (χ0v) is 16.7. The second kappa shape index (κ2) is 8.62. The van der Waals surface area contributed by atoms with Crippen molar-refractivity contribution in [2.45, 2.75) is 44.8 Å². The SMILES string of the molecule is CC(C)(C)[Si](OCC[C@@H](O)CC(=O)O)(c1ccccc1)c1ccccc1. The fourth-order valence-corrected chi connectivity index (χ4v) is 7.99. The summed E-state index contributed by atoms with van der Waals surface area (Å²) in [6.45, 7) is 6.88. The fraction of sp³-hybridized carbons (Fsp3) is 0.381. The lowest BCUT2D eigenvalue weighted by molar-refractivity contribution is -0.139. The maximum absolute atomic E-state index is 10.8. The number of aliphatic hydroxyl groups excluding tert-OH is 1. The van der Waals surface area contributed by atoms with E-state index in [0.29, 0.717) is 13.0 Å². The summed E-state index contributed by atoms with van der Waals surface area (Å²) in [6.07, 6.45) is -0.855. The van der Waals surface area contributed by atoms with Gasteiger partial charge in [0.15, 0.2) is 0 Å². The van der Waals surface area contributed by atoms with Crippen LogP contribution in [0.3, 0.4) is 0 Å². The van der Waals surface area contributed by atoms with Crippen molar-refractivity contribution in [3.05, 3.63) is 60.7 Å². The lowest BCUT2D eigenvalue weighted by atomic mass is 10.2. The standard InChI is InChI=1S/C21H28O4Si/c1-21(2,3)26(18-10-6-4-7-11-18,19-12-8-5-9-13-19)25-15-14-17(22)16-20(23)24/h4-13,17,22H,14-16H2,1-3H3,(H,23,24)/t17-/m1/s1. The van der Waals surface area contributed by atoms with Gasteiger partial charge in [-0.3, -0.25) is 4.79 Å². The molecular weight excluding hydrogens is 344 g/mol. The molecule has 2 aromatic carbocycles. The second-order valence-electron chi connectivity index (χ2n) is 7.55. The van der Waals surface area contributed by atoms with E-state index in [4.69, 9.17) is 9.53 Å². The molecule has 0 amide bonds. The van der Waals surface area contributed by atoms with Crippen LogP contribution in [0, 0.1) is 0 Å². The molecular formula is C21H28O4Si. The van der Waals surface area contributed by atoms with E-state index in [1.54, 1.807) is 0 Å². The first-order chi connectivity index (χ1) is 12.3. The molecule has 0 aromatic heterocycles. The van der Waals surface area contributed by atoms with Gasteiger partial charge in [0.1, 0.15) is 0 Å². The Bertz CT molecular complexity index is 655. The van der Waals surface area contributed by atoms with Crippen LogP contribution in [0.15, 0.2) is 60.7 Å². The zero-order chi connectivity index (χ0) is 19.2. The van der Waals surface area contributed by atoms with Gasteiger partial charge in [-0.1, -0.05) is 81.4 Å². The van der Waals surface area contributed by atoms with Crippen LogP contribution in [-0.2, 0) is 9.22 Å². The van der Waals surface area contributed by atoms with Crippen molar-refractivity contribution in [1.82, 2.24) is 0 Å². The van der Waals surface area contributed by atoms with E-state index in [-0.39, 0.29) is 11.5 Å². The van der Waals surface area contributed by atoms with E-state index in [0.717, 1.165) is 0 Å². The van der Waals surface area contributed by atoms with Crippen LogP contribution in [-0.4, -0.2) is 37.2 Å². The molecule has 2 aromatic rings. The third kappa shape index (κ3) is 4.61. The van der Waals surface area contributed by atoms with Gasteiger partial charge >= 0.3 is 5.97 Å². The molecule has 0 bridgehead atoms. The third-order valence-corrected chi connectivity index (χ3v) is 9.64. The lowest BCUT2D eigenvalue weighted by Crippen LogP contribution is -2.66. The number of aliphatic carboxylic acids is 1. The predicted octanol–water partition coefficient (Wildman–Crippen LogP) is 2.79. The zero-order valence-electron chi connectivity index (χ0n) is 15.7. The maximum atomic E-state index is 10.8. The minimum absolute atomic E-state index is 0.131. The van der Waals surface area contributed by atoms with Crippen molar-refractivity contribution in [3.63, 3.8) is 0 Å². The predicted molar refractivity (Wildman–Crippen MR) is 106 cm³/mol. The normalized spacial score (nSPS) is 13.4. The number of benzene rings is 2. The molecule has 1 atom stereocenters. The number of carboxylic acid groups (broad SMARTS) is 1. The molecule has 0 spiro atoms. The van der Waals surface area contributed by atoms with Crippen molar-refractivity contribution < 1.29 is 19.4 Å². The van der Waals surface area contributed by atoms with Gasteiger partial charge in [0.2, 0.25) is 0 Å². The lowest BCUT2D eigenvalue weighted by Gasteiger charge is -2.43. The van der Waals surface area contributed by atoms with Gasteiger partial charge < -0.3 is 14.6 Å². The van der Waals surface area contributed by atoms with E-state index >= 15 is 0 Å². The average molecular weight is 373 g/mol. The summed E-state index contributed by atoms with van der Waals surface area (Å²) in [5.74, 6) is -0.997. The second-order valence-corrected chi connectivity index (χ2v) is 11.9. The smallest absolute Gasteiger partial charge is 0.305 e. The maximum Gasteiger partial charge on any atom is 0.305 e. The molecule has 5 heteroatoms. The van der Waals surface area contributed by atoms with Crippen LogP contribution >= 0.6 is 0 Å². The van der Waals surface area contributed by atoms with E-state index < -0.39 is 20.4 Å². The molecule has 0 aliphatic carbocycles. The molecule has 0 heterocycles. The number of carboxylic acids is 1. The van der Waals surface area contributed by atoms with Crippen LogP contribution in [0.4, 0.5) is 0 Å². The van der Waals surface area contributed by atoms with Crippen molar-refractivity contribution in [2.24, 2.45) is 0 Å². The van der Waals surface area contributed by atoms with E-state index in [2.05, 4.69) is 45.0 Å². The number of hydrogen-bond acceptors (Lipinski definition) is 3. The summed E-state index contributed by atoms with van der Waals surface area (Å²) in [4.78, 5) is 10.8. The highest BCUT2D eigenvalue weighted by Crippen LogP contribution is 2.36. The summed E-state index contributed by atoms with van der Waals surface area (Å²) in [6, 6.07) is 20.5. The van der Waals surface area contributed by atoms with Gasteiger partial charge in [-0.15, -0.1) is 0 Å². The first-order valence-electron chi connectivity index (χ1n) is 8.92. The summed E-state index contributed by atoms with van der Waals surface area (Å²) >= 11 is 0. The molecule has 0 fully saturated rings. The monoisotopic (exact) mass is 372 g/mol. The summed E-state index contributed by atoms with van der Waals surface area (Å²) in [7, 11) is -2.61. The summed E-state index contributed by atoms with van der Waals surface area (Å²) < 4.78 is 6.60. The largest absolute Gasteiger partial charge is 0.481 e. The van der Waals surface area contributed by atoms with Crippen LogP contribution in [0.2, 0.25) is 5.04 Å². The van der Waals surface area contributed by atoms with Gasteiger partial charge in [-0.25, -0.2) is 0 Å². The minimum atomic E-state index is -2.61. The average Bonchev–Trinajstić information content (AvgIpc) is 2.58. The molecule has 2 N–H and O–H groups in total. The Balaban J connectivity index is 2.39. The minimum Gasteiger partial charge on any atom is -0.481 e. The molecule has 2 rings (SSSR count). The summed E-state index contributed by atoms with van der Waals surface area (Å²) in [5.41, 5.74) is 0. The number of rotatable bonds is 8. The number of hydrogen-bond donors (Lipinski definition) is 2. The highest BCUT2D eigenvalue weighted by molar-refractivity contribution is 6.99. The Morgan fingerprint density at radius 2 is 1.46 bits per heavy atom. The molecule has 0 saturated heterocycles. The van der Waals surface area contributed by atoms with Gasteiger partial charge in [-0.2, -0.15) is 0 Å².